The van der Waals surface area contributed by atoms with Crippen molar-refractivity contribution in [1.29, 1.82) is 0 Å². The molecule has 1 saturated carbocycles. The maximum atomic E-state index is 9.07. The minimum absolute atomic E-state index is 0.00125. The van der Waals surface area contributed by atoms with Crippen LogP contribution >= 0.6 is 0 Å². The van der Waals surface area contributed by atoms with Crippen molar-refractivity contribution in [2.75, 3.05) is 0 Å². The summed E-state index contributed by atoms with van der Waals surface area (Å²) in [6, 6.07) is 0.591. The zero-order valence-electron chi connectivity index (χ0n) is 8.13. The van der Waals surface area contributed by atoms with Gasteiger partial charge >= 0.3 is 0 Å². The van der Waals surface area contributed by atoms with Crippen molar-refractivity contribution in [2.24, 2.45) is 5.73 Å². The molecule has 1 fully saturated rings. The van der Waals surface area contributed by atoms with Crippen molar-refractivity contribution in [1.82, 2.24) is 15.0 Å². The van der Waals surface area contributed by atoms with Crippen molar-refractivity contribution < 1.29 is 5.11 Å². The van der Waals surface area contributed by atoms with Gasteiger partial charge in [0.2, 0.25) is 0 Å². The van der Waals surface area contributed by atoms with Gasteiger partial charge in [-0.15, -0.1) is 5.10 Å². The molecule has 14 heavy (non-hydrogen) atoms. The topological polar surface area (TPSA) is 77.0 Å². The van der Waals surface area contributed by atoms with E-state index in [1.54, 1.807) is 6.20 Å². The summed E-state index contributed by atoms with van der Waals surface area (Å²) in [4.78, 5) is 0. The molecule has 2 atom stereocenters. The van der Waals surface area contributed by atoms with Crippen molar-refractivity contribution in [3.63, 3.8) is 0 Å². The van der Waals surface area contributed by atoms with E-state index in [0.29, 0.717) is 6.04 Å². The van der Waals surface area contributed by atoms with Gasteiger partial charge < -0.3 is 10.8 Å². The second-order valence-corrected chi connectivity index (χ2v) is 3.91. The Labute approximate surface area is 82.9 Å². The SMILES string of the molecule is NC1CCCC(n2nncc2CO)C1. The van der Waals surface area contributed by atoms with Crippen molar-refractivity contribution in [2.45, 2.75) is 44.4 Å². The zero-order chi connectivity index (χ0) is 9.97. The molecule has 1 aliphatic rings. The lowest BCUT2D eigenvalue weighted by atomic mass is 9.91. The summed E-state index contributed by atoms with van der Waals surface area (Å²) in [5.41, 5.74) is 6.68. The second kappa shape index (κ2) is 4.06. The van der Waals surface area contributed by atoms with E-state index in [1.807, 2.05) is 4.68 Å². The van der Waals surface area contributed by atoms with Gasteiger partial charge in [0.1, 0.15) is 0 Å². The normalized spacial score (nSPS) is 27.9. The average molecular weight is 196 g/mol. The molecule has 0 radical (unpaired) electrons. The highest BCUT2D eigenvalue weighted by Crippen LogP contribution is 2.27. The molecule has 0 spiro atoms. The zero-order valence-corrected chi connectivity index (χ0v) is 8.13. The van der Waals surface area contributed by atoms with E-state index in [4.69, 9.17) is 10.8 Å². The summed E-state index contributed by atoms with van der Waals surface area (Å²) in [5, 5.41) is 16.9. The van der Waals surface area contributed by atoms with E-state index in [9.17, 15) is 0 Å². The molecule has 1 aliphatic carbocycles. The minimum Gasteiger partial charge on any atom is -0.390 e. The summed E-state index contributed by atoms with van der Waals surface area (Å²) in [5.74, 6) is 0. The Morgan fingerprint density at radius 2 is 2.43 bits per heavy atom. The third-order valence-electron chi connectivity index (χ3n) is 2.84. The number of aromatic nitrogens is 3. The number of rotatable bonds is 2. The molecule has 0 bridgehead atoms. The number of nitrogens with two attached hydrogens (primary N) is 1. The van der Waals surface area contributed by atoms with Gasteiger partial charge in [0, 0.05) is 6.04 Å². The van der Waals surface area contributed by atoms with Crippen molar-refractivity contribution in [3.8, 4) is 0 Å². The molecule has 0 amide bonds. The fourth-order valence-electron chi connectivity index (χ4n) is 2.11. The molecule has 0 aromatic carbocycles. The quantitative estimate of drug-likeness (QED) is 0.709. The molecule has 2 rings (SSSR count). The lowest BCUT2D eigenvalue weighted by molar-refractivity contribution is 0.240. The van der Waals surface area contributed by atoms with E-state index in [-0.39, 0.29) is 12.6 Å². The number of aliphatic hydroxyl groups excluding tert-OH is 1. The van der Waals surface area contributed by atoms with Gasteiger partial charge in [-0.2, -0.15) is 0 Å². The summed E-state index contributed by atoms with van der Waals surface area (Å²) in [6.07, 6.45) is 5.87. The molecule has 5 heteroatoms. The van der Waals surface area contributed by atoms with Crippen LogP contribution in [0.3, 0.4) is 0 Å². The highest BCUT2D eigenvalue weighted by molar-refractivity contribution is 4.95. The Morgan fingerprint density at radius 1 is 1.57 bits per heavy atom. The average Bonchev–Trinajstić information content (AvgIpc) is 2.65. The molecule has 1 aromatic rings. The monoisotopic (exact) mass is 196 g/mol. The van der Waals surface area contributed by atoms with Gasteiger partial charge in [-0.3, -0.25) is 0 Å². The Bertz CT molecular complexity index is 299. The van der Waals surface area contributed by atoms with Gasteiger partial charge in [0.05, 0.1) is 24.5 Å². The molecular weight excluding hydrogens is 180 g/mol. The summed E-state index contributed by atoms with van der Waals surface area (Å²) < 4.78 is 1.82. The van der Waals surface area contributed by atoms with E-state index < -0.39 is 0 Å². The second-order valence-electron chi connectivity index (χ2n) is 3.91. The van der Waals surface area contributed by atoms with E-state index in [1.165, 1.54) is 0 Å². The summed E-state index contributed by atoms with van der Waals surface area (Å²) in [7, 11) is 0. The predicted octanol–water partition coefficient (Wildman–Crippen LogP) is 0.213. The maximum absolute atomic E-state index is 9.07. The molecule has 0 saturated heterocycles. The molecule has 5 nitrogen and oxygen atoms in total. The van der Waals surface area contributed by atoms with Crippen LogP contribution in [0.2, 0.25) is 0 Å². The van der Waals surface area contributed by atoms with E-state index >= 15 is 0 Å². The Hall–Kier alpha value is -0.940. The van der Waals surface area contributed by atoms with Crippen molar-refractivity contribution in [3.05, 3.63) is 11.9 Å². The number of aliphatic hydroxyl groups is 1. The smallest absolute Gasteiger partial charge is 0.0866 e. The summed E-state index contributed by atoms with van der Waals surface area (Å²) >= 11 is 0. The van der Waals surface area contributed by atoms with Gasteiger partial charge in [-0.1, -0.05) is 5.21 Å². The first-order chi connectivity index (χ1) is 6.81. The first kappa shape index (κ1) is 9.61. The van der Waals surface area contributed by atoms with Gasteiger partial charge in [0.15, 0.2) is 0 Å². The number of nitrogens with zero attached hydrogens (tertiary/aromatic N) is 3. The Morgan fingerprint density at radius 3 is 3.14 bits per heavy atom. The van der Waals surface area contributed by atoms with Crippen LogP contribution in [0.15, 0.2) is 6.20 Å². The van der Waals surface area contributed by atoms with E-state index in [2.05, 4.69) is 10.3 Å². The number of hydrogen-bond donors (Lipinski definition) is 2. The molecule has 1 heterocycles. The summed E-state index contributed by atoms with van der Waals surface area (Å²) in [6.45, 7) is -0.00125. The standard InChI is InChI=1S/C9H16N4O/c10-7-2-1-3-8(4-7)13-9(6-14)5-11-12-13/h5,7-8,14H,1-4,6,10H2. The van der Waals surface area contributed by atoms with Crippen LogP contribution in [0, 0.1) is 0 Å². The largest absolute Gasteiger partial charge is 0.390 e. The Balaban J connectivity index is 2.13. The number of hydrogen-bond acceptors (Lipinski definition) is 4. The van der Waals surface area contributed by atoms with Crippen LogP contribution in [0.25, 0.3) is 0 Å². The molecule has 78 valence electrons. The van der Waals surface area contributed by atoms with Crippen LogP contribution in [0.5, 0.6) is 0 Å². The lowest BCUT2D eigenvalue weighted by Gasteiger charge is -2.27. The molecule has 0 aliphatic heterocycles. The highest BCUT2D eigenvalue weighted by atomic mass is 16.3. The van der Waals surface area contributed by atoms with Gasteiger partial charge in [0.25, 0.3) is 0 Å². The minimum atomic E-state index is -0.00125. The first-order valence-electron chi connectivity index (χ1n) is 5.06. The third-order valence-corrected chi connectivity index (χ3v) is 2.84. The fraction of sp³-hybridized carbons (Fsp3) is 0.778. The third kappa shape index (κ3) is 1.78. The van der Waals surface area contributed by atoms with Crippen LogP contribution in [-0.2, 0) is 6.61 Å². The first-order valence-corrected chi connectivity index (χ1v) is 5.06. The maximum Gasteiger partial charge on any atom is 0.0866 e. The Kier molecular flexibility index (Phi) is 2.79. The molecular formula is C9H16N4O. The van der Waals surface area contributed by atoms with Crippen LogP contribution in [0.4, 0.5) is 0 Å². The highest BCUT2D eigenvalue weighted by Gasteiger charge is 2.22. The fourth-order valence-corrected chi connectivity index (χ4v) is 2.11. The van der Waals surface area contributed by atoms with Crippen LogP contribution in [-0.4, -0.2) is 26.1 Å². The van der Waals surface area contributed by atoms with Crippen LogP contribution in [0.1, 0.15) is 37.4 Å². The predicted molar refractivity (Wildman–Crippen MR) is 51.4 cm³/mol. The lowest BCUT2D eigenvalue weighted by Crippen LogP contribution is -2.30. The molecule has 1 aromatic heterocycles. The van der Waals surface area contributed by atoms with Gasteiger partial charge in [-0.05, 0) is 25.7 Å². The molecule has 3 N–H and O–H groups in total. The van der Waals surface area contributed by atoms with Crippen LogP contribution < -0.4 is 5.73 Å². The van der Waals surface area contributed by atoms with Gasteiger partial charge in [-0.25, -0.2) is 4.68 Å². The molecule has 2 unspecified atom stereocenters. The van der Waals surface area contributed by atoms with Crippen molar-refractivity contribution >= 4 is 0 Å². The van der Waals surface area contributed by atoms with E-state index in [0.717, 1.165) is 31.4 Å².